The minimum Gasteiger partial charge on any atom is -0.451 e. The van der Waals surface area contributed by atoms with Crippen molar-refractivity contribution in [2.24, 2.45) is 5.92 Å². The number of aryl methyl sites for hydroxylation is 1. The highest BCUT2D eigenvalue weighted by Crippen LogP contribution is 2.16. The zero-order valence-corrected chi connectivity index (χ0v) is 17.8. The van der Waals surface area contributed by atoms with Crippen molar-refractivity contribution in [2.45, 2.75) is 64.0 Å². The van der Waals surface area contributed by atoms with Gasteiger partial charge in [0.1, 0.15) is 6.04 Å². The average Bonchev–Trinajstić information content (AvgIpc) is 2.66. The molecule has 1 aromatic rings. The van der Waals surface area contributed by atoms with E-state index < -0.39 is 28.1 Å². The number of piperidine rings is 1. The number of carbonyl (C=O) groups is 2. The van der Waals surface area contributed by atoms with E-state index in [1.165, 1.54) is 19.1 Å². The van der Waals surface area contributed by atoms with E-state index in [2.05, 4.69) is 4.72 Å². The summed E-state index contributed by atoms with van der Waals surface area (Å²) in [7, 11) is -3.89. The standard InChI is InChI=1S/C20H30N2O5S/c1-14(2)18(21-28(25,26)17-10-8-15(3)9-11-17)20(24)27-16(4)19(23)22-12-6-5-7-13-22/h8-11,14,16,18,21H,5-7,12-13H2,1-4H3/t16-,18-/m0/s1. The molecule has 1 saturated heterocycles. The molecule has 0 spiro atoms. The number of esters is 1. The Labute approximate surface area is 167 Å². The molecule has 0 radical (unpaired) electrons. The fourth-order valence-electron chi connectivity index (χ4n) is 3.08. The van der Waals surface area contributed by atoms with Crippen LogP contribution < -0.4 is 4.72 Å². The van der Waals surface area contributed by atoms with Gasteiger partial charge in [0, 0.05) is 13.1 Å². The van der Waals surface area contributed by atoms with Crippen LogP contribution in [-0.4, -0.2) is 50.4 Å². The lowest BCUT2D eigenvalue weighted by Crippen LogP contribution is -2.48. The first-order chi connectivity index (χ1) is 13.1. The molecule has 1 heterocycles. The number of hydrogen-bond acceptors (Lipinski definition) is 5. The summed E-state index contributed by atoms with van der Waals surface area (Å²) in [4.78, 5) is 26.9. The number of sulfonamides is 1. The number of nitrogens with one attached hydrogen (secondary N) is 1. The van der Waals surface area contributed by atoms with Crippen molar-refractivity contribution in [3.63, 3.8) is 0 Å². The van der Waals surface area contributed by atoms with Crippen LogP contribution in [0, 0.1) is 12.8 Å². The Morgan fingerprint density at radius 1 is 1.04 bits per heavy atom. The second-order valence-corrected chi connectivity index (χ2v) is 9.34. The normalized spacial score (nSPS) is 17.2. The Morgan fingerprint density at radius 2 is 1.61 bits per heavy atom. The maximum atomic E-state index is 12.6. The molecule has 7 nitrogen and oxygen atoms in total. The summed E-state index contributed by atoms with van der Waals surface area (Å²) in [5.41, 5.74) is 0.934. The van der Waals surface area contributed by atoms with E-state index in [9.17, 15) is 18.0 Å². The van der Waals surface area contributed by atoms with E-state index in [-0.39, 0.29) is 16.7 Å². The topological polar surface area (TPSA) is 92.8 Å². The Kier molecular flexibility index (Phi) is 7.60. The number of nitrogens with zero attached hydrogens (tertiary/aromatic N) is 1. The molecule has 1 fully saturated rings. The molecule has 0 aliphatic carbocycles. The zero-order valence-electron chi connectivity index (χ0n) is 17.0. The van der Waals surface area contributed by atoms with Crippen LogP contribution in [0.1, 0.15) is 45.6 Å². The highest BCUT2D eigenvalue weighted by Gasteiger charge is 2.33. The molecule has 0 bridgehead atoms. The van der Waals surface area contributed by atoms with Gasteiger partial charge in [-0.1, -0.05) is 31.5 Å². The first kappa shape index (κ1) is 22.4. The number of benzene rings is 1. The van der Waals surface area contributed by atoms with Crippen LogP contribution in [0.15, 0.2) is 29.2 Å². The van der Waals surface area contributed by atoms with Gasteiger partial charge in [-0.25, -0.2) is 8.42 Å². The molecule has 1 aliphatic rings. The molecular formula is C20H30N2O5S. The number of ether oxygens (including phenoxy) is 1. The quantitative estimate of drug-likeness (QED) is 0.696. The summed E-state index contributed by atoms with van der Waals surface area (Å²) in [6.45, 7) is 8.16. The lowest BCUT2D eigenvalue weighted by molar-refractivity contribution is -0.161. The third-order valence-corrected chi connectivity index (χ3v) is 6.30. The molecule has 2 atom stereocenters. The Bertz CT molecular complexity index is 783. The highest BCUT2D eigenvalue weighted by atomic mass is 32.2. The number of hydrogen-bond donors (Lipinski definition) is 1. The summed E-state index contributed by atoms with van der Waals surface area (Å²) in [5.74, 6) is -1.33. The van der Waals surface area contributed by atoms with Gasteiger partial charge >= 0.3 is 5.97 Å². The summed E-state index contributed by atoms with van der Waals surface area (Å²) in [6.07, 6.45) is 2.03. The maximum absolute atomic E-state index is 12.6. The molecule has 0 aromatic heterocycles. The third-order valence-electron chi connectivity index (χ3n) is 4.84. The predicted octanol–water partition coefficient (Wildman–Crippen LogP) is 2.24. The van der Waals surface area contributed by atoms with Crippen molar-refractivity contribution in [1.82, 2.24) is 9.62 Å². The Morgan fingerprint density at radius 3 is 2.14 bits per heavy atom. The van der Waals surface area contributed by atoms with Crippen LogP contribution in [0.4, 0.5) is 0 Å². The first-order valence-corrected chi connectivity index (χ1v) is 11.2. The molecule has 28 heavy (non-hydrogen) atoms. The van der Waals surface area contributed by atoms with Crippen LogP contribution in [0.5, 0.6) is 0 Å². The van der Waals surface area contributed by atoms with Gasteiger partial charge in [-0.3, -0.25) is 9.59 Å². The van der Waals surface area contributed by atoms with Crippen LogP contribution in [-0.2, 0) is 24.3 Å². The van der Waals surface area contributed by atoms with Crippen molar-refractivity contribution in [1.29, 1.82) is 0 Å². The maximum Gasteiger partial charge on any atom is 0.325 e. The minimum atomic E-state index is -3.89. The lowest BCUT2D eigenvalue weighted by Gasteiger charge is -2.30. The molecule has 1 aromatic carbocycles. The fourth-order valence-corrected chi connectivity index (χ4v) is 4.41. The molecule has 1 aliphatic heterocycles. The van der Waals surface area contributed by atoms with E-state index in [0.717, 1.165) is 24.8 Å². The minimum absolute atomic E-state index is 0.0778. The Balaban J connectivity index is 2.06. The zero-order chi connectivity index (χ0) is 20.9. The van der Waals surface area contributed by atoms with E-state index in [1.54, 1.807) is 30.9 Å². The van der Waals surface area contributed by atoms with Crippen LogP contribution in [0.2, 0.25) is 0 Å². The Hall–Kier alpha value is -1.93. The second kappa shape index (κ2) is 9.52. The average molecular weight is 411 g/mol. The molecular weight excluding hydrogens is 380 g/mol. The van der Waals surface area contributed by atoms with Crippen molar-refractivity contribution < 1.29 is 22.7 Å². The number of rotatable bonds is 7. The van der Waals surface area contributed by atoms with Crippen molar-refractivity contribution in [3.05, 3.63) is 29.8 Å². The molecule has 156 valence electrons. The number of carbonyl (C=O) groups excluding carboxylic acids is 2. The second-order valence-electron chi connectivity index (χ2n) is 7.62. The van der Waals surface area contributed by atoms with E-state index >= 15 is 0 Å². The van der Waals surface area contributed by atoms with E-state index in [1.807, 2.05) is 6.92 Å². The van der Waals surface area contributed by atoms with Crippen molar-refractivity contribution >= 4 is 21.9 Å². The fraction of sp³-hybridized carbons (Fsp3) is 0.600. The number of amides is 1. The largest absolute Gasteiger partial charge is 0.451 e. The highest BCUT2D eigenvalue weighted by molar-refractivity contribution is 7.89. The molecule has 1 amide bonds. The van der Waals surface area contributed by atoms with Crippen molar-refractivity contribution in [3.8, 4) is 0 Å². The van der Waals surface area contributed by atoms with Crippen molar-refractivity contribution in [2.75, 3.05) is 13.1 Å². The lowest BCUT2D eigenvalue weighted by atomic mass is 10.1. The third kappa shape index (κ3) is 5.78. The predicted molar refractivity (Wildman–Crippen MR) is 106 cm³/mol. The molecule has 2 rings (SSSR count). The van der Waals surface area contributed by atoms with Gasteiger partial charge < -0.3 is 9.64 Å². The molecule has 1 N–H and O–H groups in total. The van der Waals surface area contributed by atoms with Crippen LogP contribution in [0.3, 0.4) is 0 Å². The summed E-state index contributed by atoms with van der Waals surface area (Å²) in [5, 5.41) is 0. The summed E-state index contributed by atoms with van der Waals surface area (Å²) in [6, 6.07) is 5.28. The molecule has 8 heteroatoms. The van der Waals surface area contributed by atoms with Gasteiger partial charge in [0.2, 0.25) is 10.0 Å². The summed E-state index contributed by atoms with van der Waals surface area (Å²) < 4.78 is 33.0. The SMILES string of the molecule is Cc1ccc(S(=O)(=O)N[C@H](C(=O)O[C@@H](C)C(=O)N2CCCCC2)C(C)C)cc1. The van der Waals surface area contributed by atoms with E-state index in [4.69, 9.17) is 4.74 Å². The first-order valence-electron chi connectivity index (χ1n) is 9.70. The monoisotopic (exact) mass is 410 g/mol. The molecule has 0 unspecified atom stereocenters. The van der Waals surface area contributed by atoms with Crippen LogP contribution >= 0.6 is 0 Å². The van der Waals surface area contributed by atoms with Gasteiger partial charge in [-0.15, -0.1) is 0 Å². The number of likely N-dealkylation sites (tertiary alicyclic amines) is 1. The van der Waals surface area contributed by atoms with Gasteiger partial charge in [0.25, 0.3) is 5.91 Å². The van der Waals surface area contributed by atoms with Gasteiger partial charge in [0.05, 0.1) is 4.90 Å². The van der Waals surface area contributed by atoms with Crippen LogP contribution in [0.25, 0.3) is 0 Å². The molecule has 0 saturated carbocycles. The van der Waals surface area contributed by atoms with E-state index in [0.29, 0.717) is 13.1 Å². The van der Waals surface area contributed by atoms with Gasteiger partial charge in [-0.2, -0.15) is 4.72 Å². The smallest absolute Gasteiger partial charge is 0.325 e. The summed E-state index contributed by atoms with van der Waals surface area (Å²) >= 11 is 0. The van der Waals surface area contributed by atoms with Gasteiger partial charge in [0.15, 0.2) is 6.10 Å². The van der Waals surface area contributed by atoms with Gasteiger partial charge in [-0.05, 0) is 51.2 Å².